The second kappa shape index (κ2) is 11.1. The molecule has 0 aromatic heterocycles. The molecule has 0 saturated heterocycles. The standard InChI is InChI=1S/C27H30O3S/c1-5-21-11-13-25(24(18-21)27(28)22-9-7-6-8-10-22)30-20(3)15-16-29-23-12-14-26(31-4)19(2)17-23/h6-14,17-18,20H,5,15-16H2,1-4H3/t20-/m1/s1. The van der Waals surface area contributed by atoms with Crippen LogP contribution >= 0.6 is 11.8 Å². The maximum atomic E-state index is 13.1. The number of hydrogen-bond acceptors (Lipinski definition) is 4. The van der Waals surface area contributed by atoms with Crippen molar-refractivity contribution in [1.82, 2.24) is 0 Å². The van der Waals surface area contributed by atoms with E-state index in [4.69, 9.17) is 9.47 Å². The van der Waals surface area contributed by atoms with Crippen molar-refractivity contribution >= 4 is 17.5 Å². The molecule has 0 amide bonds. The maximum Gasteiger partial charge on any atom is 0.196 e. The molecule has 4 heteroatoms. The molecule has 0 unspecified atom stereocenters. The second-order valence-electron chi connectivity index (χ2n) is 7.58. The summed E-state index contributed by atoms with van der Waals surface area (Å²) in [6.07, 6.45) is 3.58. The molecule has 0 N–H and O–H groups in total. The van der Waals surface area contributed by atoms with Gasteiger partial charge in [0.25, 0.3) is 0 Å². The number of carbonyl (C=O) groups excluding carboxylic acids is 1. The van der Waals surface area contributed by atoms with E-state index in [1.165, 1.54) is 10.5 Å². The summed E-state index contributed by atoms with van der Waals surface area (Å²) >= 11 is 1.74. The van der Waals surface area contributed by atoms with E-state index in [0.717, 1.165) is 24.2 Å². The second-order valence-corrected chi connectivity index (χ2v) is 8.42. The summed E-state index contributed by atoms with van der Waals surface area (Å²) in [5.41, 5.74) is 3.61. The molecule has 0 spiro atoms. The molecule has 0 aliphatic heterocycles. The van der Waals surface area contributed by atoms with E-state index in [0.29, 0.717) is 23.5 Å². The average molecular weight is 435 g/mol. The van der Waals surface area contributed by atoms with E-state index >= 15 is 0 Å². The Hall–Kier alpha value is -2.72. The van der Waals surface area contributed by atoms with Crippen LogP contribution in [0, 0.1) is 6.92 Å². The van der Waals surface area contributed by atoms with Gasteiger partial charge in [-0.1, -0.05) is 43.3 Å². The summed E-state index contributed by atoms with van der Waals surface area (Å²) in [7, 11) is 0. The van der Waals surface area contributed by atoms with Gasteiger partial charge in [0.1, 0.15) is 11.5 Å². The van der Waals surface area contributed by atoms with Crippen LogP contribution in [0.5, 0.6) is 11.5 Å². The normalized spacial score (nSPS) is 11.7. The molecular formula is C27H30O3S. The molecule has 0 saturated carbocycles. The third-order valence-corrected chi connectivity index (χ3v) is 6.12. The first-order valence-electron chi connectivity index (χ1n) is 10.7. The third kappa shape index (κ3) is 6.14. The summed E-state index contributed by atoms with van der Waals surface area (Å²) in [4.78, 5) is 14.4. The summed E-state index contributed by atoms with van der Waals surface area (Å²) in [5.74, 6) is 1.48. The summed E-state index contributed by atoms with van der Waals surface area (Å²) in [5, 5.41) is 0. The van der Waals surface area contributed by atoms with Crippen LogP contribution in [0.15, 0.2) is 71.6 Å². The highest BCUT2D eigenvalue weighted by Crippen LogP contribution is 2.26. The summed E-state index contributed by atoms with van der Waals surface area (Å²) in [6.45, 7) is 6.74. The SMILES string of the molecule is CCc1ccc(O[C@H](C)CCOc2ccc(SC)c(C)c2)c(C(=O)c2ccccc2)c1. The molecule has 0 aliphatic rings. The molecule has 1 atom stereocenters. The van der Waals surface area contributed by atoms with Gasteiger partial charge in [-0.3, -0.25) is 4.79 Å². The van der Waals surface area contributed by atoms with Crippen LogP contribution in [0.3, 0.4) is 0 Å². The largest absolute Gasteiger partial charge is 0.493 e. The molecule has 3 aromatic carbocycles. The predicted octanol–water partition coefficient (Wildman–Crippen LogP) is 6.75. The summed E-state index contributed by atoms with van der Waals surface area (Å²) < 4.78 is 12.1. The fourth-order valence-electron chi connectivity index (χ4n) is 3.38. The van der Waals surface area contributed by atoms with Gasteiger partial charge in [-0.15, -0.1) is 11.8 Å². The number of hydrogen-bond donors (Lipinski definition) is 0. The van der Waals surface area contributed by atoms with E-state index < -0.39 is 0 Å². The minimum Gasteiger partial charge on any atom is -0.493 e. The topological polar surface area (TPSA) is 35.5 Å². The highest BCUT2D eigenvalue weighted by atomic mass is 32.2. The molecule has 0 radical (unpaired) electrons. The van der Waals surface area contributed by atoms with E-state index in [2.05, 4.69) is 32.2 Å². The Balaban J connectivity index is 1.66. The minimum absolute atomic E-state index is 0.0151. The Kier molecular flexibility index (Phi) is 8.19. The van der Waals surface area contributed by atoms with E-state index in [1.54, 1.807) is 11.8 Å². The zero-order valence-electron chi connectivity index (χ0n) is 18.7. The van der Waals surface area contributed by atoms with Gasteiger partial charge in [0, 0.05) is 16.9 Å². The van der Waals surface area contributed by atoms with Crippen LogP contribution in [0.1, 0.15) is 47.3 Å². The lowest BCUT2D eigenvalue weighted by molar-refractivity contribution is 0.103. The van der Waals surface area contributed by atoms with E-state index in [9.17, 15) is 4.79 Å². The highest BCUT2D eigenvalue weighted by molar-refractivity contribution is 7.98. The maximum absolute atomic E-state index is 13.1. The molecule has 0 bridgehead atoms. The lowest BCUT2D eigenvalue weighted by Crippen LogP contribution is -2.18. The van der Waals surface area contributed by atoms with Crippen LogP contribution in [0.2, 0.25) is 0 Å². The number of ether oxygens (including phenoxy) is 2. The molecule has 0 fully saturated rings. The van der Waals surface area contributed by atoms with E-state index in [-0.39, 0.29) is 11.9 Å². The van der Waals surface area contributed by atoms with Gasteiger partial charge in [0.15, 0.2) is 5.78 Å². The van der Waals surface area contributed by atoms with Crippen LogP contribution < -0.4 is 9.47 Å². The first-order valence-corrected chi connectivity index (χ1v) is 11.9. The van der Waals surface area contributed by atoms with Crippen LogP contribution in [-0.4, -0.2) is 24.7 Å². The number of benzene rings is 3. The van der Waals surface area contributed by atoms with Crippen molar-refractivity contribution in [1.29, 1.82) is 0 Å². The lowest BCUT2D eigenvalue weighted by atomic mass is 9.99. The highest BCUT2D eigenvalue weighted by Gasteiger charge is 2.17. The van der Waals surface area contributed by atoms with Gasteiger partial charge < -0.3 is 9.47 Å². The number of aryl methyl sites for hydroxylation is 2. The average Bonchev–Trinajstić information content (AvgIpc) is 2.79. The van der Waals surface area contributed by atoms with Crippen LogP contribution in [0.25, 0.3) is 0 Å². The first kappa shape index (κ1) is 23.0. The van der Waals surface area contributed by atoms with Gasteiger partial charge >= 0.3 is 0 Å². The lowest BCUT2D eigenvalue weighted by Gasteiger charge is -2.18. The third-order valence-electron chi connectivity index (χ3n) is 5.22. The van der Waals surface area contributed by atoms with Crippen molar-refractivity contribution in [3.8, 4) is 11.5 Å². The summed E-state index contributed by atoms with van der Waals surface area (Å²) in [6, 6.07) is 21.4. The smallest absolute Gasteiger partial charge is 0.196 e. The van der Waals surface area contributed by atoms with Crippen molar-refractivity contribution in [2.45, 2.75) is 44.6 Å². The Bertz CT molecular complexity index is 1010. The fraction of sp³-hybridized carbons (Fsp3) is 0.296. The molecule has 31 heavy (non-hydrogen) atoms. The van der Waals surface area contributed by atoms with Crippen LogP contribution in [0.4, 0.5) is 0 Å². The van der Waals surface area contributed by atoms with Crippen molar-refractivity contribution in [3.05, 3.63) is 89.0 Å². The number of rotatable bonds is 10. The van der Waals surface area contributed by atoms with Gasteiger partial charge in [-0.05, 0) is 68.0 Å². The van der Waals surface area contributed by atoms with E-state index in [1.807, 2.05) is 61.5 Å². The molecule has 162 valence electrons. The first-order chi connectivity index (χ1) is 15.0. The zero-order valence-corrected chi connectivity index (χ0v) is 19.5. The molecule has 0 aliphatic carbocycles. The van der Waals surface area contributed by atoms with Gasteiger partial charge in [-0.25, -0.2) is 0 Å². The molecule has 0 heterocycles. The van der Waals surface area contributed by atoms with Gasteiger partial charge in [0.2, 0.25) is 0 Å². The van der Waals surface area contributed by atoms with Gasteiger partial charge in [-0.2, -0.15) is 0 Å². The Morgan fingerprint density at radius 3 is 2.48 bits per heavy atom. The monoisotopic (exact) mass is 434 g/mol. The Morgan fingerprint density at radius 2 is 1.81 bits per heavy atom. The van der Waals surface area contributed by atoms with Crippen molar-refractivity contribution < 1.29 is 14.3 Å². The number of thioether (sulfide) groups is 1. The van der Waals surface area contributed by atoms with Crippen molar-refractivity contribution in [2.24, 2.45) is 0 Å². The molecule has 3 nitrogen and oxygen atoms in total. The zero-order chi connectivity index (χ0) is 22.2. The minimum atomic E-state index is -0.0821. The Morgan fingerprint density at radius 1 is 1.03 bits per heavy atom. The number of ketones is 1. The predicted molar refractivity (Wildman–Crippen MR) is 129 cm³/mol. The van der Waals surface area contributed by atoms with Crippen molar-refractivity contribution in [3.63, 3.8) is 0 Å². The quantitative estimate of drug-likeness (QED) is 0.261. The van der Waals surface area contributed by atoms with Gasteiger partial charge in [0.05, 0.1) is 18.3 Å². The molecule has 3 rings (SSSR count). The molecular weight excluding hydrogens is 404 g/mol. The fourth-order valence-corrected chi connectivity index (χ4v) is 3.97. The number of carbonyl (C=O) groups is 1. The van der Waals surface area contributed by atoms with Crippen molar-refractivity contribution in [2.75, 3.05) is 12.9 Å². The van der Waals surface area contributed by atoms with Crippen LogP contribution in [-0.2, 0) is 6.42 Å². The Labute approximate surface area is 189 Å². The molecule has 3 aromatic rings.